The van der Waals surface area contributed by atoms with Crippen LogP contribution >= 0.6 is 0 Å². The Morgan fingerprint density at radius 3 is 2.30 bits per heavy atom. The van der Waals surface area contributed by atoms with E-state index in [1.807, 2.05) is 19.1 Å². The van der Waals surface area contributed by atoms with Gasteiger partial charge in [-0.15, -0.1) is 5.54 Å². The van der Waals surface area contributed by atoms with Crippen molar-refractivity contribution < 1.29 is 9.53 Å². The van der Waals surface area contributed by atoms with E-state index < -0.39 is 14.2 Å². The molecule has 1 amide bonds. The first-order valence-electron chi connectivity index (χ1n) is 11.2. The number of aromatic nitrogens is 3. The summed E-state index contributed by atoms with van der Waals surface area (Å²) in [5, 5.41) is 9.00. The van der Waals surface area contributed by atoms with Crippen molar-refractivity contribution in [2.75, 3.05) is 0 Å². The molecular weight excluding hydrogens is 430 g/mol. The van der Waals surface area contributed by atoms with Crippen LogP contribution in [-0.4, -0.2) is 29.1 Å². The summed E-state index contributed by atoms with van der Waals surface area (Å²) in [5.41, 5.74) is 12.6. The molecule has 2 rings (SSSR count). The van der Waals surface area contributed by atoms with E-state index >= 15 is 0 Å². The van der Waals surface area contributed by atoms with Crippen molar-refractivity contribution >= 4 is 14.2 Å². The Balaban J connectivity index is 2.63. The van der Waals surface area contributed by atoms with Crippen molar-refractivity contribution in [2.24, 2.45) is 5.73 Å². The third-order valence-electron chi connectivity index (χ3n) is 6.18. The van der Waals surface area contributed by atoms with Crippen LogP contribution in [0.2, 0.25) is 16.6 Å². The first-order chi connectivity index (χ1) is 15.5. The number of carbonyl (C=O) groups excluding carboxylic acids is 1. The van der Waals surface area contributed by atoms with Crippen molar-refractivity contribution in [1.82, 2.24) is 15.0 Å². The summed E-state index contributed by atoms with van der Waals surface area (Å²) in [4.78, 5) is 24.8. The monoisotopic (exact) mass is 463 g/mol. The van der Waals surface area contributed by atoms with Crippen molar-refractivity contribution in [2.45, 2.75) is 77.4 Å². The number of carbonyl (C=O) groups is 1. The molecule has 0 aliphatic heterocycles. The molecule has 7 nitrogen and oxygen atoms in total. The smallest absolute Gasteiger partial charge is 0.388 e. The molecule has 2 aromatic heterocycles. The highest BCUT2D eigenvalue weighted by Crippen LogP contribution is 2.41. The standard InChI is InChI=1S/C25H33N5O2Si/c1-16(2)33(17(3)4,18(5)6)13-10-21-24(32-25(27)31)29-15-23(30-21)20-9-12-28-22(14-20)19(7)8-11-26/h9,12,14-19H,8H2,1-7H3,(H2,27,31). The average Bonchev–Trinajstić information content (AvgIpc) is 2.74. The molecule has 0 aliphatic carbocycles. The Morgan fingerprint density at radius 1 is 1.12 bits per heavy atom. The molecule has 0 radical (unpaired) electrons. The molecule has 0 spiro atoms. The Hall–Kier alpha value is -3.23. The molecule has 33 heavy (non-hydrogen) atoms. The fourth-order valence-electron chi connectivity index (χ4n) is 4.49. The normalized spacial score (nSPS) is 12.3. The highest BCUT2D eigenvalue weighted by atomic mass is 28.3. The molecule has 0 aromatic carbocycles. The molecule has 0 saturated carbocycles. The van der Waals surface area contributed by atoms with E-state index in [9.17, 15) is 4.79 Å². The average molecular weight is 464 g/mol. The minimum Gasteiger partial charge on any atom is -0.388 e. The third-order valence-corrected chi connectivity index (χ3v) is 12.5. The molecule has 1 unspecified atom stereocenters. The van der Waals surface area contributed by atoms with Gasteiger partial charge in [0.15, 0.2) is 5.69 Å². The van der Waals surface area contributed by atoms with Crippen molar-refractivity contribution in [3.63, 3.8) is 0 Å². The topological polar surface area (TPSA) is 115 Å². The number of nitrogens with two attached hydrogens (primary N) is 1. The zero-order valence-electron chi connectivity index (χ0n) is 20.5. The van der Waals surface area contributed by atoms with Crippen LogP contribution in [0.5, 0.6) is 5.88 Å². The van der Waals surface area contributed by atoms with Crippen LogP contribution in [0.1, 0.15) is 72.2 Å². The number of ether oxygens (including phenoxy) is 1. The van der Waals surface area contributed by atoms with Gasteiger partial charge in [0.25, 0.3) is 5.88 Å². The maximum Gasteiger partial charge on any atom is 0.411 e. The quantitative estimate of drug-likeness (QED) is 0.423. The Morgan fingerprint density at radius 2 is 1.76 bits per heavy atom. The summed E-state index contributed by atoms with van der Waals surface area (Å²) < 4.78 is 5.11. The number of pyridine rings is 1. The zero-order valence-corrected chi connectivity index (χ0v) is 21.5. The van der Waals surface area contributed by atoms with Gasteiger partial charge < -0.3 is 10.5 Å². The molecule has 8 heteroatoms. The van der Waals surface area contributed by atoms with Gasteiger partial charge in [0.05, 0.1) is 18.0 Å². The Kier molecular flexibility index (Phi) is 8.73. The van der Waals surface area contributed by atoms with Crippen LogP contribution in [0.25, 0.3) is 11.3 Å². The summed E-state index contributed by atoms with van der Waals surface area (Å²) >= 11 is 0. The number of primary amides is 1. The van der Waals surface area contributed by atoms with Crippen LogP contribution < -0.4 is 10.5 Å². The van der Waals surface area contributed by atoms with Gasteiger partial charge in [-0.2, -0.15) is 5.26 Å². The van der Waals surface area contributed by atoms with Crippen LogP contribution in [0.4, 0.5) is 4.79 Å². The van der Waals surface area contributed by atoms with Gasteiger partial charge in [0.1, 0.15) is 8.07 Å². The lowest BCUT2D eigenvalue weighted by atomic mass is 10.0. The van der Waals surface area contributed by atoms with Gasteiger partial charge in [-0.1, -0.05) is 48.5 Å². The Bertz CT molecular complexity index is 1070. The molecule has 0 fully saturated rings. The van der Waals surface area contributed by atoms with E-state index in [2.05, 4.69) is 74.0 Å². The second-order valence-electron chi connectivity index (χ2n) is 9.21. The number of hydrogen-bond donors (Lipinski definition) is 1. The summed E-state index contributed by atoms with van der Waals surface area (Å²) in [6.07, 6.45) is 2.62. The lowest BCUT2D eigenvalue weighted by molar-refractivity contribution is 0.208. The van der Waals surface area contributed by atoms with Crippen molar-refractivity contribution in [1.29, 1.82) is 5.26 Å². The molecule has 2 heterocycles. The molecule has 174 valence electrons. The number of rotatable bonds is 7. The zero-order chi connectivity index (χ0) is 24.8. The van der Waals surface area contributed by atoms with Crippen LogP contribution in [-0.2, 0) is 0 Å². The van der Waals surface area contributed by atoms with E-state index in [4.69, 9.17) is 15.7 Å². The van der Waals surface area contributed by atoms with E-state index in [0.29, 0.717) is 28.7 Å². The second kappa shape index (κ2) is 11.1. The second-order valence-corrected chi connectivity index (χ2v) is 14.8. The van der Waals surface area contributed by atoms with E-state index in [0.717, 1.165) is 11.3 Å². The van der Waals surface area contributed by atoms with Gasteiger partial charge in [-0.25, -0.2) is 14.8 Å². The highest BCUT2D eigenvalue weighted by Gasteiger charge is 2.41. The number of nitrogens with zero attached hydrogens (tertiary/aromatic N) is 4. The molecule has 2 N–H and O–H groups in total. The van der Waals surface area contributed by atoms with Gasteiger partial charge in [0.2, 0.25) is 0 Å². The highest BCUT2D eigenvalue weighted by molar-refractivity contribution is 6.90. The molecular formula is C25H33N5O2Si. The van der Waals surface area contributed by atoms with E-state index in [1.165, 1.54) is 6.20 Å². The maximum atomic E-state index is 11.4. The van der Waals surface area contributed by atoms with E-state index in [-0.39, 0.29) is 17.5 Å². The number of amides is 1. The Labute approximate surface area is 197 Å². The van der Waals surface area contributed by atoms with Gasteiger partial charge >= 0.3 is 6.09 Å². The fraction of sp³-hybridized carbons (Fsp3) is 0.480. The summed E-state index contributed by atoms with van der Waals surface area (Å²) in [7, 11) is -2.04. The lowest BCUT2D eigenvalue weighted by Gasteiger charge is -2.38. The third kappa shape index (κ3) is 5.97. The fourth-order valence-corrected chi connectivity index (χ4v) is 9.69. The SMILES string of the molecule is CC(CC#N)c1cc(-c2cnc(OC(N)=O)c(C#C[Si](C(C)C)(C(C)C)C(C)C)n2)ccn1. The summed E-state index contributed by atoms with van der Waals surface area (Å²) in [5.74, 6) is 3.22. The molecule has 0 bridgehead atoms. The molecule has 1 atom stereocenters. The summed E-state index contributed by atoms with van der Waals surface area (Å²) in [6.45, 7) is 15.3. The molecule has 0 saturated heterocycles. The minimum atomic E-state index is -2.04. The predicted molar refractivity (Wildman–Crippen MR) is 132 cm³/mol. The molecule has 2 aromatic rings. The van der Waals surface area contributed by atoms with Crippen LogP contribution in [0.3, 0.4) is 0 Å². The van der Waals surface area contributed by atoms with Crippen LogP contribution in [0.15, 0.2) is 24.5 Å². The largest absolute Gasteiger partial charge is 0.411 e. The predicted octanol–water partition coefficient (Wildman–Crippen LogP) is 5.58. The van der Waals surface area contributed by atoms with E-state index in [1.54, 1.807) is 6.20 Å². The number of nitriles is 1. The maximum absolute atomic E-state index is 11.4. The van der Waals surface area contributed by atoms with Crippen LogP contribution in [0, 0.1) is 22.8 Å². The van der Waals surface area contributed by atoms with Gasteiger partial charge in [-0.05, 0) is 34.7 Å². The van der Waals surface area contributed by atoms with Crippen molar-refractivity contribution in [3.05, 3.63) is 35.9 Å². The van der Waals surface area contributed by atoms with Gasteiger partial charge in [-0.3, -0.25) is 4.98 Å². The first-order valence-corrected chi connectivity index (χ1v) is 13.5. The van der Waals surface area contributed by atoms with Gasteiger partial charge in [0, 0.05) is 29.8 Å². The first kappa shape index (κ1) is 26.0. The number of hydrogen-bond acceptors (Lipinski definition) is 6. The van der Waals surface area contributed by atoms with Crippen molar-refractivity contribution in [3.8, 4) is 34.7 Å². The minimum absolute atomic E-state index is 0.00467. The lowest BCUT2D eigenvalue weighted by Crippen LogP contribution is -2.43. The molecule has 0 aliphatic rings. The summed E-state index contributed by atoms with van der Waals surface area (Å²) in [6, 6.07) is 5.90.